The summed E-state index contributed by atoms with van der Waals surface area (Å²) in [4.78, 5) is 22.6. The van der Waals surface area contributed by atoms with Crippen LogP contribution in [0.1, 0.15) is 15.9 Å². The van der Waals surface area contributed by atoms with E-state index in [0.29, 0.717) is 5.75 Å². The zero-order valence-electron chi connectivity index (χ0n) is 14.3. The summed E-state index contributed by atoms with van der Waals surface area (Å²) >= 11 is 0. The first-order valence-electron chi connectivity index (χ1n) is 7.47. The van der Waals surface area contributed by atoms with Gasteiger partial charge in [0.25, 0.3) is 5.69 Å². The maximum atomic E-state index is 12.4. The van der Waals surface area contributed by atoms with Gasteiger partial charge in [-0.15, -0.1) is 0 Å². The number of alkyl halides is 2. The smallest absolute Gasteiger partial charge is 0.387 e. The second-order valence-corrected chi connectivity index (χ2v) is 5.08. The van der Waals surface area contributed by atoms with E-state index in [2.05, 4.69) is 4.74 Å². The van der Waals surface area contributed by atoms with Crippen LogP contribution < -0.4 is 14.2 Å². The number of benzene rings is 2. The summed E-state index contributed by atoms with van der Waals surface area (Å²) in [7, 11) is 2.62. The van der Waals surface area contributed by atoms with Crippen molar-refractivity contribution >= 4 is 11.7 Å². The van der Waals surface area contributed by atoms with E-state index in [1.54, 1.807) is 12.1 Å². The molecule has 0 radical (unpaired) electrons. The van der Waals surface area contributed by atoms with Gasteiger partial charge in [0.05, 0.1) is 36.3 Å². The van der Waals surface area contributed by atoms with Gasteiger partial charge in [0.1, 0.15) is 12.4 Å². The van der Waals surface area contributed by atoms with Gasteiger partial charge in [-0.1, -0.05) is 6.07 Å². The minimum absolute atomic E-state index is 0.0466. The lowest BCUT2D eigenvalue weighted by atomic mass is 10.1. The fraction of sp³-hybridized carbons (Fsp3) is 0.235. The van der Waals surface area contributed by atoms with Gasteiger partial charge in [-0.05, 0) is 24.3 Å². The number of hydrogen-bond acceptors (Lipinski definition) is 7. The summed E-state index contributed by atoms with van der Waals surface area (Å²) < 4.78 is 44.1. The van der Waals surface area contributed by atoms with Crippen molar-refractivity contribution in [3.63, 3.8) is 0 Å². The predicted molar refractivity (Wildman–Crippen MR) is 88.4 cm³/mol. The van der Waals surface area contributed by atoms with Crippen molar-refractivity contribution in [3.05, 3.63) is 57.6 Å². The Bertz CT molecular complexity index is 842. The molecule has 0 saturated carbocycles. The third-order valence-electron chi connectivity index (χ3n) is 3.44. The van der Waals surface area contributed by atoms with Crippen LogP contribution in [0, 0.1) is 10.1 Å². The minimum atomic E-state index is -3.18. The molecule has 0 fully saturated rings. The zero-order chi connectivity index (χ0) is 20.0. The molecule has 0 heterocycles. The molecule has 144 valence electrons. The molecule has 0 aliphatic carbocycles. The van der Waals surface area contributed by atoms with E-state index in [1.807, 2.05) is 0 Å². The lowest BCUT2D eigenvalue weighted by Crippen LogP contribution is -2.09. The summed E-state index contributed by atoms with van der Waals surface area (Å²) in [6.45, 7) is -3.66. The van der Waals surface area contributed by atoms with E-state index < -0.39 is 35.5 Å². The summed E-state index contributed by atoms with van der Waals surface area (Å²) in [6.07, 6.45) is 0. The Morgan fingerprint density at radius 1 is 1.15 bits per heavy atom. The van der Waals surface area contributed by atoms with Crippen molar-refractivity contribution in [1.82, 2.24) is 0 Å². The standard InChI is InChI=1S/C17H15F2NO7/c1-24-12-5-3-4-10(6-12)16(21)26-9-11-7-14(25-2)15(27-17(18)19)8-13(11)20(22)23/h3-8,17H,9H2,1-2H3. The quantitative estimate of drug-likeness (QED) is 0.390. The van der Waals surface area contributed by atoms with Gasteiger partial charge in [-0.25, -0.2) is 4.79 Å². The summed E-state index contributed by atoms with van der Waals surface area (Å²) in [5.74, 6) is -0.962. The Kier molecular flexibility index (Phi) is 6.47. The number of nitrogens with zero attached hydrogens (tertiary/aromatic N) is 1. The van der Waals surface area contributed by atoms with E-state index in [1.165, 1.54) is 26.4 Å². The van der Waals surface area contributed by atoms with Crippen molar-refractivity contribution in [3.8, 4) is 17.2 Å². The van der Waals surface area contributed by atoms with Gasteiger partial charge in [0, 0.05) is 0 Å². The molecule has 0 amide bonds. The van der Waals surface area contributed by atoms with Gasteiger partial charge in [0.2, 0.25) is 0 Å². The highest BCUT2D eigenvalue weighted by Gasteiger charge is 2.23. The van der Waals surface area contributed by atoms with Crippen LogP contribution >= 0.6 is 0 Å². The topological polar surface area (TPSA) is 97.1 Å². The Morgan fingerprint density at radius 3 is 2.48 bits per heavy atom. The Hall–Kier alpha value is -3.43. The van der Waals surface area contributed by atoms with Crippen LogP contribution in [0.15, 0.2) is 36.4 Å². The number of carbonyl (C=O) groups is 1. The third kappa shape index (κ3) is 5.03. The largest absolute Gasteiger partial charge is 0.497 e. The number of nitro benzene ring substituents is 1. The summed E-state index contributed by atoms with van der Waals surface area (Å²) in [6, 6.07) is 8.04. The number of carbonyl (C=O) groups excluding carboxylic acids is 1. The molecule has 0 saturated heterocycles. The molecule has 0 N–H and O–H groups in total. The number of esters is 1. The molecule has 8 nitrogen and oxygen atoms in total. The monoisotopic (exact) mass is 383 g/mol. The van der Waals surface area contributed by atoms with Gasteiger partial charge < -0.3 is 18.9 Å². The van der Waals surface area contributed by atoms with E-state index >= 15 is 0 Å². The average molecular weight is 383 g/mol. The molecule has 0 bridgehead atoms. The molecule has 0 atom stereocenters. The van der Waals surface area contributed by atoms with Crippen LogP contribution in [-0.2, 0) is 11.3 Å². The Balaban J connectivity index is 2.26. The second kappa shape index (κ2) is 8.79. The molecular weight excluding hydrogens is 368 g/mol. The molecule has 0 unspecified atom stereocenters. The number of hydrogen-bond donors (Lipinski definition) is 0. The zero-order valence-corrected chi connectivity index (χ0v) is 14.3. The Morgan fingerprint density at radius 2 is 1.89 bits per heavy atom. The maximum absolute atomic E-state index is 12.4. The first-order chi connectivity index (χ1) is 12.8. The fourth-order valence-corrected chi connectivity index (χ4v) is 2.20. The van der Waals surface area contributed by atoms with E-state index in [-0.39, 0.29) is 16.9 Å². The molecule has 0 aromatic heterocycles. The van der Waals surface area contributed by atoms with Crippen LogP contribution in [0.25, 0.3) is 0 Å². The third-order valence-corrected chi connectivity index (χ3v) is 3.44. The molecule has 2 aromatic rings. The first kappa shape index (κ1) is 19.9. The lowest BCUT2D eigenvalue weighted by Gasteiger charge is -2.12. The highest BCUT2D eigenvalue weighted by Crippen LogP contribution is 2.36. The molecule has 27 heavy (non-hydrogen) atoms. The first-order valence-corrected chi connectivity index (χ1v) is 7.47. The van der Waals surface area contributed by atoms with Crippen molar-refractivity contribution in [2.24, 2.45) is 0 Å². The van der Waals surface area contributed by atoms with E-state index in [0.717, 1.165) is 12.1 Å². The molecule has 10 heteroatoms. The summed E-state index contributed by atoms with van der Waals surface area (Å²) in [5, 5.41) is 11.2. The van der Waals surface area contributed by atoms with Crippen molar-refractivity contribution in [2.75, 3.05) is 14.2 Å². The van der Waals surface area contributed by atoms with Gasteiger partial charge >= 0.3 is 12.6 Å². The number of rotatable bonds is 8. The van der Waals surface area contributed by atoms with Gasteiger partial charge in [-0.2, -0.15) is 8.78 Å². The number of halogens is 2. The van der Waals surface area contributed by atoms with Crippen LogP contribution in [0.5, 0.6) is 17.2 Å². The summed E-state index contributed by atoms with van der Waals surface area (Å²) in [5.41, 5.74) is -0.416. The molecule has 0 spiro atoms. The highest BCUT2D eigenvalue weighted by molar-refractivity contribution is 5.89. The predicted octanol–water partition coefficient (Wildman–Crippen LogP) is 3.57. The Labute approximate surface area is 152 Å². The molecule has 2 rings (SSSR count). The highest BCUT2D eigenvalue weighted by atomic mass is 19.3. The van der Waals surface area contributed by atoms with E-state index in [4.69, 9.17) is 14.2 Å². The molecule has 2 aromatic carbocycles. The van der Waals surface area contributed by atoms with Crippen LogP contribution in [0.4, 0.5) is 14.5 Å². The number of methoxy groups -OCH3 is 2. The number of nitro groups is 1. The van der Waals surface area contributed by atoms with E-state index in [9.17, 15) is 23.7 Å². The second-order valence-electron chi connectivity index (χ2n) is 5.08. The molecule has 0 aliphatic heterocycles. The normalized spacial score (nSPS) is 10.4. The van der Waals surface area contributed by atoms with Crippen molar-refractivity contribution in [1.29, 1.82) is 0 Å². The number of ether oxygens (including phenoxy) is 4. The molecule has 0 aliphatic rings. The van der Waals surface area contributed by atoms with Crippen molar-refractivity contribution in [2.45, 2.75) is 13.2 Å². The maximum Gasteiger partial charge on any atom is 0.387 e. The fourth-order valence-electron chi connectivity index (χ4n) is 2.20. The SMILES string of the molecule is COc1cccc(C(=O)OCc2cc(OC)c(OC(F)F)cc2[N+](=O)[O-])c1. The average Bonchev–Trinajstić information content (AvgIpc) is 2.65. The van der Waals surface area contributed by atoms with Crippen LogP contribution in [-0.4, -0.2) is 31.7 Å². The van der Waals surface area contributed by atoms with Crippen molar-refractivity contribution < 1.29 is 37.4 Å². The minimum Gasteiger partial charge on any atom is -0.497 e. The van der Waals surface area contributed by atoms with Crippen LogP contribution in [0.3, 0.4) is 0 Å². The lowest BCUT2D eigenvalue weighted by molar-refractivity contribution is -0.386. The van der Waals surface area contributed by atoms with Gasteiger partial charge in [-0.3, -0.25) is 10.1 Å². The van der Waals surface area contributed by atoms with Crippen LogP contribution in [0.2, 0.25) is 0 Å². The molecular formula is C17H15F2NO7. The van der Waals surface area contributed by atoms with Gasteiger partial charge in [0.15, 0.2) is 11.5 Å².